The van der Waals surface area contributed by atoms with E-state index in [1.165, 1.54) is 0 Å². The van der Waals surface area contributed by atoms with Crippen molar-refractivity contribution in [1.29, 1.82) is 5.26 Å². The van der Waals surface area contributed by atoms with Crippen LogP contribution < -0.4 is 9.05 Å². The van der Waals surface area contributed by atoms with Gasteiger partial charge in [0.2, 0.25) is 0 Å². The van der Waals surface area contributed by atoms with Crippen LogP contribution in [-0.4, -0.2) is 0 Å². The van der Waals surface area contributed by atoms with Gasteiger partial charge in [0.1, 0.15) is 11.5 Å². The molecule has 0 aliphatic rings. The third-order valence-corrected chi connectivity index (χ3v) is 2.86. The van der Waals surface area contributed by atoms with Crippen LogP contribution in [0, 0.1) is 11.1 Å². The molecule has 0 unspecified atom stereocenters. The number of hydrogen-bond donors (Lipinski definition) is 0. The van der Waals surface area contributed by atoms with Crippen molar-refractivity contribution in [2.75, 3.05) is 0 Å². The predicted octanol–water partition coefficient (Wildman–Crippen LogP) is 3.94. The Labute approximate surface area is 101 Å². The van der Waals surface area contributed by atoms with Crippen molar-refractivity contribution in [3.63, 3.8) is 0 Å². The highest BCUT2D eigenvalue weighted by Crippen LogP contribution is 2.38. The lowest BCUT2D eigenvalue weighted by Gasteiger charge is -2.11. The summed E-state index contributed by atoms with van der Waals surface area (Å²) < 4.78 is 10.9. The standard InChI is InChI=1S/C13H10NO2P/c14-11-17(15-12-7-3-1-4-8-12)16-13-9-5-2-6-10-13/h1-10H. The van der Waals surface area contributed by atoms with E-state index >= 15 is 0 Å². The minimum atomic E-state index is -1.61. The van der Waals surface area contributed by atoms with E-state index < -0.39 is 8.38 Å². The molecule has 2 rings (SSSR count). The molecule has 0 fully saturated rings. The zero-order valence-corrected chi connectivity index (χ0v) is 9.88. The number of benzene rings is 2. The minimum Gasteiger partial charge on any atom is -0.428 e. The van der Waals surface area contributed by atoms with Gasteiger partial charge in [-0.2, -0.15) is 5.26 Å². The molecule has 0 radical (unpaired) electrons. The molecule has 0 aliphatic heterocycles. The number of nitriles is 1. The van der Waals surface area contributed by atoms with Gasteiger partial charge in [0, 0.05) is 0 Å². The van der Waals surface area contributed by atoms with E-state index in [0.29, 0.717) is 11.5 Å². The van der Waals surface area contributed by atoms with Crippen LogP contribution in [0.1, 0.15) is 0 Å². The lowest BCUT2D eigenvalue weighted by Crippen LogP contribution is -1.93. The fraction of sp³-hybridized carbons (Fsp3) is 0. The maximum atomic E-state index is 8.98. The topological polar surface area (TPSA) is 42.2 Å². The van der Waals surface area contributed by atoms with E-state index in [9.17, 15) is 0 Å². The second kappa shape index (κ2) is 5.89. The molecule has 3 nitrogen and oxygen atoms in total. The van der Waals surface area contributed by atoms with E-state index in [4.69, 9.17) is 14.3 Å². The smallest absolute Gasteiger partial charge is 0.407 e. The van der Waals surface area contributed by atoms with Gasteiger partial charge in [0.05, 0.1) is 0 Å². The first-order valence-corrected chi connectivity index (χ1v) is 6.22. The van der Waals surface area contributed by atoms with Crippen molar-refractivity contribution in [2.24, 2.45) is 0 Å². The van der Waals surface area contributed by atoms with Gasteiger partial charge >= 0.3 is 8.38 Å². The van der Waals surface area contributed by atoms with Crippen LogP contribution in [0.5, 0.6) is 11.5 Å². The monoisotopic (exact) mass is 243 g/mol. The Kier molecular flexibility index (Phi) is 3.96. The van der Waals surface area contributed by atoms with Gasteiger partial charge in [-0.3, -0.25) is 0 Å². The third kappa shape index (κ3) is 3.48. The molecule has 0 heterocycles. The molecule has 0 bridgehead atoms. The average molecular weight is 243 g/mol. The van der Waals surface area contributed by atoms with E-state index in [1.807, 2.05) is 42.2 Å². The summed E-state index contributed by atoms with van der Waals surface area (Å²) in [5.41, 5.74) is 0. The van der Waals surface area contributed by atoms with Gasteiger partial charge in [-0.25, -0.2) is 0 Å². The second-order valence-corrected chi connectivity index (χ2v) is 4.25. The molecule has 0 spiro atoms. The van der Waals surface area contributed by atoms with Gasteiger partial charge < -0.3 is 9.05 Å². The van der Waals surface area contributed by atoms with Gasteiger partial charge in [-0.15, -0.1) is 0 Å². The summed E-state index contributed by atoms with van der Waals surface area (Å²) in [4.78, 5) is 0. The highest BCUT2D eigenvalue weighted by atomic mass is 31.2. The molecule has 0 aliphatic carbocycles. The Morgan fingerprint density at radius 3 is 1.53 bits per heavy atom. The van der Waals surface area contributed by atoms with Crippen molar-refractivity contribution >= 4 is 8.38 Å². The first-order chi connectivity index (χ1) is 8.38. The molecule has 2 aromatic carbocycles. The number of para-hydroxylation sites is 2. The van der Waals surface area contributed by atoms with Gasteiger partial charge in [0.15, 0.2) is 5.81 Å². The number of rotatable bonds is 4. The van der Waals surface area contributed by atoms with Gasteiger partial charge in [-0.1, -0.05) is 36.4 Å². The van der Waals surface area contributed by atoms with Crippen molar-refractivity contribution in [3.05, 3.63) is 60.7 Å². The van der Waals surface area contributed by atoms with Crippen LogP contribution in [0.4, 0.5) is 0 Å². The van der Waals surface area contributed by atoms with Crippen molar-refractivity contribution in [2.45, 2.75) is 0 Å². The molecule has 0 amide bonds. The number of hydrogen-bond acceptors (Lipinski definition) is 3. The Balaban J connectivity index is 2.01. The maximum Gasteiger partial charge on any atom is 0.407 e. The van der Waals surface area contributed by atoms with E-state index in [1.54, 1.807) is 24.3 Å². The SMILES string of the molecule is N#CP(Oc1ccccc1)Oc1ccccc1. The molecular weight excluding hydrogens is 233 g/mol. The quantitative estimate of drug-likeness (QED) is 0.764. The average Bonchev–Trinajstić information content (AvgIpc) is 2.40. The normalized spacial score (nSPS) is 9.65. The van der Waals surface area contributed by atoms with Crippen LogP contribution in [0.3, 0.4) is 0 Å². The molecule has 0 saturated heterocycles. The fourth-order valence-corrected chi connectivity index (χ4v) is 1.96. The predicted molar refractivity (Wildman–Crippen MR) is 66.7 cm³/mol. The van der Waals surface area contributed by atoms with Crippen molar-refractivity contribution in [3.8, 4) is 17.3 Å². The molecule has 84 valence electrons. The highest BCUT2D eigenvalue weighted by Gasteiger charge is 2.13. The zero-order valence-electron chi connectivity index (χ0n) is 8.98. The molecule has 2 aromatic rings. The largest absolute Gasteiger partial charge is 0.428 e. The van der Waals surface area contributed by atoms with Crippen molar-refractivity contribution < 1.29 is 9.05 Å². The van der Waals surface area contributed by atoms with Gasteiger partial charge in [-0.05, 0) is 24.3 Å². The first kappa shape index (κ1) is 11.4. The molecule has 0 aromatic heterocycles. The fourth-order valence-electron chi connectivity index (χ4n) is 1.21. The Morgan fingerprint density at radius 1 is 0.765 bits per heavy atom. The van der Waals surface area contributed by atoms with E-state index in [0.717, 1.165) is 0 Å². The number of nitrogens with zero attached hydrogens (tertiary/aromatic N) is 1. The maximum absolute atomic E-state index is 8.98. The molecule has 0 saturated carbocycles. The summed E-state index contributed by atoms with van der Waals surface area (Å²) in [7, 11) is -1.61. The zero-order chi connectivity index (χ0) is 11.9. The molecule has 4 heteroatoms. The lowest BCUT2D eigenvalue weighted by atomic mass is 10.3. The Hall–Kier alpha value is -2.04. The van der Waals surface area contributed by atoms with Crippen LogP contribution in [-0.2, 0) is 0 Å². The minimum absolute atomic E-state index is 0.635. The van der Waals surface area contributed by atoms with Crippen LogP contribution in [0.15, 0.2) is 60.7 Å². The summed E-state index contributed by atoms with van der Waals surface area (Å²) in [6, 6.07) is 18.3. The van der Waals surface area contributed by atoms with Crippen LogP contribution >= 0.6 is 8.38 Å². The van der Waals surface area contributed by atoms with Crippen molar-refractivity contribution in [1.82, 2.24) is 0 Å². The summed E-state index contributed by atoms with van der Waals surface area (Å²) in [6.07, 6.45) is 0. The Morgan fingerprint density at radius 2 is 1.18 bits per heavy atom. The summed E-state index contributed by atoms with van der Waals surface area (Å²) in [6.45, 7) is 0. The third-order valence-electron chi connectivity index (χ3n) is 1.94. The first-order valence-electron chi connectivity index (χ1n) is 5.04. The van der Waals surface area contributed by atoms with Gasteiger partial charge in [0.25, 0.3) is 0 Å². The Bertz CT molecular complexity index is 454. The molecular formula is C13H10NO2P. The second-order valence-electron chi connectivity index (χ2n) is 3.17. The summed E-state index contributed by atoms with van der Waals surface area (Å²) in [5.74, 6) is 3.29. The summed E-state index contributed by atoms with van der Waals surface area (Å²) >= 11 is 0. The van der Waals surface area contributed by atoms with E-state index in [-0.39, 0.29) is 0 Å². The van der Waals surface area contributed by atoms with E-state index in [2.05, 4.69) is 0 Å². The van der Waals surface area contributed by atoms with Crippen LogP contribution in [0.2, 0.25) is 0 Å². The lowest BCUT2D eigenvalue weighted by molar-refractivity contribution is 0.502. The summed E-state index contributed by atoms with van der Waals surface area (Å²) in [5, 5.41) is 8.98. The molecule has 0 atom stereocenters. The van der Waals surface area contributed by atoms with Crippen LogP contribution in [0.25, 0.3) is 0 Å². The molecule has 0 N–H and O–H groups in total. The highest BCUT2D eigenvalue weighted by molar-refractivity contribution is 7.53. The molecule has 17 heavy (non-hydrogen) atoms.